The van der Waals surface area contributed by atoms with Crippen LogP contribution in [0.3, 0.4) is 0 Å². The molecule has 0 saturated carbocycles. The molecule has 1 aliphatic rings. The number of aliphatic hydroxyl groups excluding tert-OH is 1. The van der Waals surface area contributed by atoms with Crippen LogP contribution in [0.1, 0.15) is 34.1 Å². The lowest BCUT2D eigenvalue weighted by Gasteiger charge is -2.12. The maximum Gasteiger partial charge on any atom is 0.261 e. The second-order valence-corrected chi connectivity index (χ2v) is 6.06. The van der Waals surface area contributed by atoms with Crippen molar-refractivity contribution in [1.82, 2.24) is 5.32 Å². The zero-order valence-corrected chi connectivity index (χ0v) is 11.7. The molecule has 3 nitrogen and oxygen atoms in total. The number of aliphatic hydroxyl groups is 1. The largest absolute Gasteiger partial charge is 0.393 e. The third-order valence-electron chi connectivity index (χ3n) is 3.66. The molecule has 1 aromatic heterocycles. The van der Waals surface area contributed by atoms with E-state index in [2.05, 4.69) is 23.5 Å². The lowest BCUT2D eigenvalue weighted by Crippen LogP contribution is -2.30. The minimum atomic E-state index is -0.282. The maximum atomic E-state index is 11.8. The maximum absolute atomic E-state index is 11.8. The van der Waals surface area contributed by atoms with Gasteiger partial charge in [0.25, 0.3) is 5.91 Å². The van der Waals surface area contributed by atoms with E-state index in [1.807, 2.05) is 6.92 Å². The van der Waals surface area contributed by atoms with Gasteiger partial charge in [-0.15, -0.1) is 11.3 Å². The molecule has 19 heavy (non-hydrogen) atoms. The van der Waals surface area contributed by atoms with Gasteiger partial charge in [0.05, 0.1) is 11.0 Å². The molecule has 0 bridgehead atoms. The second kappa shape index (κ2) is 4.94. The fourth-order valence-corrected chi connectivity index (χ4v) is 3.70. The van der Waals surface area contributed by atoms with E-state index in [4.69, 9.17) is 0 Å². The number of nitrogens with one attached hydrogen (secondary N) is 1. The summed E-state index contributed by atoms with van der Waals surface area (Å²) in [5, 5.41) is 13.8. The predicted molar refractivity (Wildman–Crippen MR) is 77.9 cm³/mol. The van der Waals surface area contributed by atoms with Gasteiger partial charge in [0.1, 0.15) is 0 Å². The number of hydrogen-bond acceptors (Lipinski definition) is 3. The summed E-state index contributed by atoms with van der Waals surface area (Å²) >= 11 is 1.57. The van der Waals surface area contributed by atoms with Crippen molar-refractivity contribution in [1.29, 1.82) is 0 Å². The Morgan fingerprint density at radius 3 is 3.11 bits per heavy atom. The van der Waals surface area contributed by atoms with Crippen molar-refractivity contribution in [2.45, 2.75) is 32.3 Å². The molecule has 3 rings (SSSR count). The average molecular weight is 275 g/mol. The minimum Gasteiger partial charge on any atom is -0.393 e. The van der Waals surface area contributed by atoms with Crippen molar-refractivity contribution < 1.29 is 9.90 Å². The van der Waals surface area contributed by atoms with Crippen LogP contribution in [0.15, 0.2) is 18.2 Å². The van der Waals surface area contributed by atoms with Gasteiger partial charge in [-0.2, -0.15) is 0 Å². The first-order valence-electron chi connectivity index (χ1n) is 6.69. The highest BCUT2D eigenvalue weighted by atomic mass is 32.1. The van der Waals surface area contributed by atoms with Crippen molar-refractivity contribution in [3.8, 4) is 0 Å². The van der Waals surface area contributed by atoms with Gasteiger partial charge < -0.3 is 10.4 Å². The van der Waals surface area contributed by atoms with E-state index in [-0.39, 0.29) is 12.0 Å². The van der Waals surface area contributed by atoms with Crippen LogP contribution in [0.2, 0.25) is 0 Å². The Hall–Kier alpha value is -1.39. The molecular weight excluding hydrogens is 258 g/mol. The molecule has 1 amide bonds. The van der Waals surface area contributed by atoms with Crippen LogP contribution < -0.4 is 5.32 Å². The normalized spacial score (nSPS) is 16.2. The van der Waals surface area contributed by atoms with Gasteiger partial charge in [-0.3, -0.25) is 4.79 Å². The summed E-state index contributed by atoms with van der Waals surface area (Å²) in [6, 6.07) is 6.27. The van der Waals surface area contributed by atoms with Gasteiger partial charge in [0.15, 0.2) is 0 Å². The van der Waals surface area contributed by atoms with Gasteiger partial charge in [0, 0.05) is 11.2 Å². The summed E-state index contributed by atoms with van der Waals surface area (Å²) < 4.78 is 1.16. The Morgan fingerprint density at radius 2 is 2.32 bits per heavy atom. The van der Waals surface area contributed by atoms with Crippen molar-refractivity contribution in [2.24, 2.45) is 0 Å². The SMILES string of the molecule is CC[C@H](O)Cc1ccc2sc3c(c2c1)CCNC3=O. The third-order valence-corrected chi connectivity index (χ3v) is 4.88. The Bertz CT molecular complexity index is 632. The Balaban J connectivity index is 2.05. The quantitative estimate of drug-likeness (QED) is 0.904. The van der Waals surface area contributed by atoms with Crippen molar-refractivity contribution in [3.63, 3.8) is 0 Å². The van der Waals surface area contributed by atoms with Crippen LogP contribution in [0.25, 0.3) is 10.1 Å². The van der Waals surface area contributed by atoms with Crippen LogP contribution in [0.4, 0.5) is 0 Å². The molecule has 0 saturated heterocycles. The number of amides is 1. The zero-order valence-electron chi connectivity index (χ0n) is 10.9. The topological polar surface area (TPSA) is 49.3 Å². The smallest absolute Gasteiger partial charge is 0.261 e. The standard InChI is InChI=1S/C15H17NO2S/c1-2-10(17)7-9-3-4-13-12(8-9)11-5-6-16-15(18)14(11)19-13/h3-4,8,10,17H,2,5-7H2,1H3,(H,16,18)/t10-/m0/s1. The molecule has 0 unspecified atom stereocenters. The minimum absolute atomic E-state index is 0.0533. The molecule has 100 valence electrons. The van der Waals surface area contributed by atoms with E-state index in [9.17, 15) is 9.90 Å². The molecule has 0 fully saturated rings. The highest BCUT2D eigenvalue weighted by Crippen LogP contribution is 2.34. The summed E-state index contributed by atoms with van der Waals surface area (Å²) in [5.41, 5.74) is 2.32. The molecule has 1 aromatic carbocycles. The first kappa shape index (κ1) is 12.6. The third kappa shape index (κ3) is 2.26. The van der Waals surface area contributed by atoms with Gasteiger partial charge in [-0.25, -0.2) is 0 Å². The van der Waals surface area contributed by atoms with Crippen LogP contribution in [0.5, 0.6) is 0 Å². The number of fused-ring (bicyclic) bond motifs is 3. The van der Waals surface area contributed by atoms with Crippen LogP contribution in [0, 0.1) is 0 Å². The fraction of sp³-hybridized carbons (Fsp3) is 0.400. The summed E-state index contributed by atoms with van der Waals surface area (Å²) in [6.07, 6.45) is 2.07. The molecule has 0 radical (unpaired) electrons. The molecule has 1 atom stereocenters. The fourth-order valence-electron chi connectivity index (χ4n) is 2.55. The number of thiophene rings is 1. The average Bonchev–Trinajstić information content (AvgIpc) is 2.78. The highest BCUT2D eigenvalue weighted by Gasteiger charge is 2.22. The number of hydrogen-bond donors (Lipinski definition) is 2. The Kier molecular flexibility index (Phi) is 3.29. The highest BCUT2D eigenvalue weighted by molar-refractivity contribution is 7.21. The first-order valence-corrected chi connectivity index (χ1v) is 7.51. The van der Waals surface area contributed by atoms with E-state index in [1.54, 1.807) is 11.3 Å². The van der Waals surface area contributed by atoms with Gasteiger partial charge in [-0.05, 0) is 47.9 Å². The number of carbonyl (C=O) groups excluding carboxylic acids is 1. The zero-order chi connectivity index (χ0) is 13.4. The van der Waals surface area contributed by atoms with Crippen LogP contribution in [-0.2, 0) is 12.8 Å². The molecular formula is C15H17NO2S. The van der Waals surface area contributed by atoms with Crippen molar-refractivity contribution in [3.05, 3.63) is 34.2 Å². The number of rotatable bonds is 3. The molecule has 0 aliphatic carbocycles. The van der Waals surface area contributed by atoms with Crippen molar-refractivity contribution in [2.75, 3.05) is 6.54 Å². The molecule has 2 aromatic rings. The van der Waals surface area contributed by atoms with E-state index in [0.29, 0.717) is 6.42 Å². The Morgan fingerprint density at radius 1 is 1.47 bits per heavy atom. The lowest BCUT2D eigenvalue weighted by atomic mass is 10.00. The molecule has 0 spiro atoms. The number of benzene rings is 1. The predicted octanol–water partition coefficient (Wildman–Crippen LogP) is 2.50. The van der Waals surface area contributed by atoms with Crippen LogP contribution >= 0.6 is 11.3 Å². The van der Waals surface area contributed by atoms with Gasteiger partial charge in [-0.1, -0.05) is 13.0 Å². The van der Waals surface area contributed by atoms with Crippen LogP contribution in [-0.4, -0.2) is 23.7 Å². The van der Waals surface area contributed by atoms with Crippen molar-refractivity contribution >= 4 is 27.3 Å². The van der Waals surface area contributed by atoms with E-state index in [0.717, 1.165) is 34.5 Å². The van der Waals surface area contributed by atoms with E-state index >= 15 is 0 Å². The monoisotopic (exact) mass is 275 g/mol. The molecule has 2 N–H and O–H groups in total. The molecule has 4 heteroatoms. The lowest BCUT2D eigenvalue weighted by molar-refractivity contribution is 0.0951. The number of carbonyl (C=O) groups is 1. The first-order chi connectivity index (χ1) is 9.19. The van der Waals surface area contributed by atoms with Gasteiger partial charge in [0.2, 0.25) is 0 Å². The van der Waals surface area contributed by atoms with E-state index < -0.39 is 0 Å². The molecule has 1 aliphatic heterocycles. The van der Waals surface area contributed by atoms with Gasteiger partial charge >= 0.3 is 0 Å². The van der Waals surface area contributed by atoms with E-state index in [1.165, 1.54) is 10.9 Å². The summed E-state index contributed by atoms with van der Waals surface area (Å²) in [5.74, 6) is 0.0533. The summed E-state index contributed by atoms with van der Waals surface area (Å²) in [4.78, 5) is 12.7. The summed E-state index contributed by atoms with van der Waals surface area (Å²) in [6.45, 7) is 2.71. The Labute approximate surface area is 116 Å². The molecule has 2 heterocycles. The summed E-state index contributed by atoms with van der Waals surface area (Å²) in [7, 11) is 0. The second-order valence-electron chi connectivity index (χ2n) is 5.01.